The summed E-state index contributed by atoms with van der Waals surface area (Å²) in [5, 5.41) is 3.16. The molecule has 0 unspecified atom stereocenters. The maximum absolute atomic E-state index is 6.26. The van der Waals surface area contributed by atoms with Gasteiger partial charge in [0.15, 0.2) is 11.1 Å². The van der Waals surface area contributed by atoms with Crippen LogP contribution in [-0.4, -0.2) is 48.6 Å². The van der Waals surface area contributed by atoms with Crippen LogP contribution in [-0.2, 0) is 0 Å². The molecule has 1 aromatic heterocycles. The Labute approximate surface area is 159 Å². The van der Waals surface area contributed by atoms with Crippen molar-refractivity contribution >= 4 is 46.4 Å². The number of hydrogen-bond acceptors (Lipinski definition) is 4. The van der Waals surface area contributed by atoms with Gasteiger partial charge in [-0.05, 0) is 37.0 Å². The first-order valence-corrected chi connectivity index (χ1v) is 9.34. The molecule has 2 saturated carbocycles. The molecule has 1 aliphatic heterocycles. The van der Waals surface area contributed by atoms with Crippen LogP contribution in [0.4, 0.5) is 5.13 Å². The molecule has 128 valence electrons. The van der Waals surface area contributed by atoms with Gasteiger partial charge in [0, 0.05) is 44.3 Å². The topological polar surface area (TPSA) is 57.8 Å². The summed E-state index contributed by atoms with van der Waals surface area (Å²) in [5.41, 5.74) is 6.78. The number of piperazine rings is 1. The third kappa shape index (κ3) is 3.60. The van der Waals surface area contributed by atoms with Crippen molar-refractivity contribution in [1.29, 1.82) is 0 Å². The average molecular weight is 447 g/mol. The first-order valence-electron chi connectivity index (χ1n) is 8.46. The first-order chi connectivity index (χ1) is 10.8. The summed E-state index contributed by atoms with van der Waals surface area (Å²) < 4.78 is 0. The van der Waals surface area contributed by atoms with Gasteiger partial charge in [-0.3, -0.25) is 4.99 Å². The Balaban J connectivity index is 0.00000156. The van der Waals surface area contributed by atoms with Gasteiger partial charge in [-0.2, -0.15) is 0 Å². The van der Waals surface area contributed by atoms with Crippen LogP contribution in [0.25, 0.3) is 0 Å². The predicted molar refractivity (Wildman–Crippen MR) is 107 cm³/mol. The Hall–Kier alpha value is -0.570. The number of aromatic nitrogens is 1. The molecule has 0 radical (unpaired) electrons. The molecule has 1 saturated heterocycles. The summed E-state index contributed by atoms with van der Waals surface area (Å²) in [6.45, 7) is 4.82. The van der Waals surface area contributed by atoms with E-state index in [2.05, 4.69) is 14.8 Å². The Kier molecular flexibility index (Phi) is 5.35. The number of thiazole rings is 1. The second-order valence-electron chi connectivity index (χ2n) is 6.95. The van der Waals surface area contributed by atoms with E-state index in [-0.39, 0.29) is 24.0 Å². The number of anilines is 1. The summed E-state index contributed by atoms with van der Waals surface area (Å²) in [6.07, 6.45) is 8.83. The number of nitrogens with zero attached hydrogens (tertiary/aromatic N) is 4. The Morgan fingerprint density at radius 3 is 2.57 bits per heavy atom. The average Bonchev–Trinajstić information content (AvgIpc) is 3.20. The van der Waals surface area contributed by atoms with Gasteiger partial charge in [0.1, 0.15) is 0 Å². The fourth-order valence-corrected chi connectivity index (χ4v) is 4.56. The van der Waals surface area contributed by atoms with E-state index < -0.39 is 0 Å². The number of hydrogen-bond donors (Lipinski definition) is 1. The Bertz CT molecular complexity index is 531. The van der Waals surface area contributed by atoms with Gasteiger partial charge in [0.25, 0.3) is 0 Å². The zero-order chi connectivity index (χ0) is 15.0. The largest absolute Gasteiger partial charge is 0.370 e. The summed E-state index contributed by atoms with van der Waals surface area (Å²) in [5.74, 6) is 1.70. The molecule has 3 aliphatic rings. The highest BCUT2D eigenvalue weighted by atomic mass is 127. The minimum absolute atomic E-state index is 0. The smallest absolute Gasteiger partial charge is 0.191 e. The molecule has 2 heterocycles. The molecule has 5 nitrogen and oxygen atoms in total. The molecule has 0 bridgehead atoms. The molecule has 0 aromatic carbocycles. The normalized spacial score (nSPS) is 24.1. The number of halogens is 1. The zero-order valence-corrected chi connectivity index (χ0v) is 16.6. The SMILES string of the molecule is I.NC(=NCC1(C2CC2)CCC1)N1CCN(c2nccs2)CC1. The monoisotopic (exact) mass is 447 g/mol. The fraction of sp³-hybridized carbons (Fsp3) is 0.750. The minimum Gasteiger partial charge on any atom is -0.370 e. The maximum Gasteiger partial charge on any atom is 0.191 e. The Morgan fingerprint density at radius 2 is 2.04 bits per heavy atom. The van der Waals surface area contributed by atoms with Crippen molar-refractivity contribution in [2.24, 2.45) is 22.1 Å². The summed E-state index contributed by atoms with van der Waals surface area (Å²) in [6, 6.07) is 0. The number of rotatable bonds is 4. The van der Waals surface area contributed by atoms with Crippen molar-refractivity contribution in [1.82, 2.24) is 9.88 Å². The van der Waals surface area contributed by atoms with Gasteiger partial charge in [-0.1, -0.05) is 6.42 Å². The molecule has 2 N–H and O–H groups in total. The van der Waals surface area contributed by atoms with Crippen molar-refractivity contribution in [3.63, 3.8) is 0 Å². The lowest BCUT2D eigenvalue weighted by Crippen LogP contribution is -2.51. The number of aliphatic imine (C=N–C) groups is 1. The highest BCUT2D eigenvalue weighted by Crippen LogP contribution is 2.57. The molecule has 4 rings (SSSR count). The van der Waals surface area contributed by atoms with Crippen LogP contribution in [0.3, 0.4) is 0 Å². The maximum atomic E-state index is 6.26. The second kappa shape index (κ2) is 7.13. The molecular formula is C16H26IN5S. The zero-order valence-electron chi connectivity index (χ0n) is 13.5. The van der Waals surface area contributed by atoms with Gasteiger partial charge in [-0.15, -0.1) is 35.3 Å². The van der Waals surface area contributed by atoms with Crippen molar-refractivity contribution in [2.75, 3.05) is 37.6 Å². The van der Waals surface area contributed by atoms with Crippen LogP contribution in [0.1, 0.15) is 32.1 Å². The third-order valence-electron chi connectivity index (χ3n) is 5.64. The van der Waals surface area contributed by atoms with Gasteiger partial charge >= 0.3 is 0 Å². The van der Waals surface area contributed by atoms with E-state index in [1.165, 1.54) is 32.1 Å². The number of guanidine groups is 1. The van der Waals surface area contributed by atoms with Crippen LogP contribution in [0.2, 0.25) is 0 Å². The van der Waals surface area contributed by atoms with Gasteiger partial charge < -0.3 is 15.5 Å². The van der Waals surface area contributed by atoms with Gasteiger partial charge in [0.05, 0.1) is 0 Å². The van der Waals surface area contributed by atoms with E-state index in [9.17, 15) is 0 Å². The molecule has 7 heteroatoms. The van der Waals surface area contributed by atoms with Crippen LogP contribution < -0.4 is 10.6 Å². The van der Waals surface area contributed by atoms with Crippen molar-refractivity contribution < 1.29 is 0 Å². The molecule has 3 fully saturated rings. The lowest BCUT2D eigenvalue weighted by Gasteiger charge is -2.42. The fourth-order valence-electron chi connectivity index (χ4n) is 3.86. The van der Waals surface area contributed by atoms with Crippen molar-refractivity contribution in [3.05, 3.63) is 11.6 Å². The molecule has 0 spiro atoms. The number of nitrogens with two attached hydrogens (primary N) is 1. The van der Waals surface area contributed by atoms with Crippen LogP contribution in [0.5, 0.6) is 0 Å². The van der Waals surface area contributed by atoms with E-state index in [1.807, 2.05) is 11.6 Å². The standard InChI is InChI=1S/C16H25N5S.HI/c17-14(19-12-16(4-1-5-16)13-2-3-13)20-7-9-21(10-8-20)15-18-6-11-22-15;/h6,11,13H,1-5,7-10,12H2,(H2,17,19);1H. The lowest BCUT2D eigenvalue weighted by atomic mass is 9.65. The van der Waals surface area contributed by atoms with Crippen molar-refractivity contribution in [2.45, 2.75) is 32.1 Å². The summed E-state index contributed by atoms with van der Waals surface area (Å²) in [4.78, 5) is 13.7. The van der Waals surface area contributed by atoms with E-state index >= 15 is 0 Å². The Morgan fingerprint density at radius 1 is 1.30 bits per heavy atom. The lowest BCUT2D eigenvalue weighted by molar-refractivity contribution is 0.113. The molecular weight excluding hydrogens is 421 g/mol. The van der Waals surface area contributed by atoms with E-state index in [0.29, 0.717) is 5.41 Å². The summed E-state index contributed by atoms with van der Waals surface area (Å²) in [7, 11) is 0. The molecule has 23 heavy (non-hydrogen) atoms. The van der Waals surface area contributed by atoms with E-state index in [0.717, 1.165) is 49.7 Å². The minimum atomic E-state index is 0. The quantitative estimate of drug-likeness (QED) is 0.438. The molecule has 2 aliphatic carbocycles. The van der Waals surface area contributed by atoms with Gasteiger partial charge in [-0.25, -0.2) is 4.98 Å². The highest BCUT2D eigenvalue weighted by Gasteiger charge is 2.48. The molecule has 0 amide bonds. The van der Waals surface area contributed by atoms with Crippen LogP contribution in [0, 0.1) is 11.3 Å². The third-order valence-corrected chi connectivity index (χ3v) is 6.47. The van der Waals surface area contributed by atoms with Crippen LogP contribution >= 0.6 is 35.3 Å². The second-order valence-corrected chi connectivity index (χ2v) is 7.83. The predicted octanol–water partition coefficient (Wildman–Crippen LogP) is 2.78. The van der Waals surface area contributed by atoms with Gasteiger partial charge in [0.2, 0.25) is 0 Å². The van der Waals surface area contributed by atoms with Crippen molar-refractivity contribution in [3.8, 4) is 0 Å². The first kappa shape index (κ1) is 17.3. The summed E-state index contributed by atoms with van der Waals surface area (Å²) >= 11 is 1.71. The highest BCUT2D eigenvalue weighted by molar-refractivity contribution is 14.0. The molecule has 1 aromatic rings. The molecule has 0 atom stereocenters. The van der Waals surface area contributed by atoms with E-state index in [4.69, 9.17) is 10.7 Å². The van der Waals surface area contributed by atoms with E-state index in [1.54, 1.807) is 11.3 Å². The van der Waals surface area contributed by atoms with Crippen LogP contribution in [0.15, 0.2) is 16.6 Å².